The molecule has 21 heavy (non-hydrogen) atoms. The summed E-state index contributed by atoms with van der Waals surface area (Å²) in [7, 11) is -3.89. The van der Waals surface area contributed by atoms with Crippen molar-refractivity contribution in [1.82, 2.24) is 4.72 Å². The second-order valence-corrected chi connectivity index (χ2v) is 7.61. The standard InChI is InChI=1S/C13H15Cl2NO4S/c1-7(8-3-2-4-8)16-21(19,20)10-6-5-9(14)11(12(10)15)13(17)18/h5-8,16H,2-4H2,1H3,(H,17,18). The van der Waals surface area contributed by atoms with Crippen molar-refractivity contribution in [3.63, 3.8) is 0 Å². The molecule has 0 radical (unpaired) electrons. The lowest BCUT2D eigenvalue weighted by Crippen LogP contribution is -2.40. The number of hydrogen-bond donors (Lipinski definition) is 2. The van der Waals surface area contributed by atoms with Gasteiger partial charge >= 0.3 is 5.97 Å². The van der Waals surface area contributed by atoms with E-state index in [2.05, 4.69) is 4.72 Å². The fourth-order valence-electron chi connectivity index (χ4n) is 2.28. The van der Waals surface area contributed by atoms with Crippen molar-refractivity contribution >= 4 is 39.2 Å². The lowest BCUT2D eigenvalue weighted by atomic mass is 9.81. The third kappa shape index (κ3) is 3.34. The van der Waals surface area contributed by atoms with Crippen LogP contribution in [0, 0.1) is 5.92 Å². The van der Waals surface area contributed by atoms with Gasteiger partial charge in [-0.2, -0.15) is 0 Å². The van der Waals surface area contributed by atoms with Crippen LogP contribution in [0.5, 0.6) is 0 Å². The molecule has 2 rings (SSSR count). The average Bonchev–Trinajstić information content (AvgIpc) is 2.23. The fourth-order valence-corrected chi connectivity index (χ4v) is 4.51. The summed E-state index contributed by atoms with van der Waals surface area (Å²) in [4.78, 5) is 10.9. The van der Waals surface area contributed by atoms with E-state index in [0.29, 0.717) is 5.92 Å². The molecule has 1 aromatic carbocycles. The van der Waals surface area contributed by atoms with Crippen molar-refractivity contribution in [3.05, 3.63) is 27.7 Å². The predicted octanol–water partition coefficient (Wildman–Crippen LogP) is 3.16. The summed E-state index contributed by atoms with van der Waals surface area (Å²) >= 11 is 11.7. The van der Waals surface area contributed by atoms with Crippen molar-refractivity contribution in [2.24, 2.45) is 5.92 Å². The van der Waals surface area contributed by atoms with Gasteiger partial charge in [0.1, 0.15) is 4.90 Å². The Morgan fingerprint density at radius 3 is 2.48 bits per heavy atom. The fraction of sp³-hybridized carbons (Fsp3) is 0.462. The van der Waals surface area contributed by atoms with Crippen LogP contribution in [0.2, 0.25) is 10.0 Å². The number of rotatable bonds is 5. The lowest BCUT2D eigenvalue weighted by molar-refractivity contribution is 0.0697. The molecule has 0 aromatic heterocycles. The van der Waals surface area contributed by atoms with Crippen molar-refractivity contribution in [2.45, 2.75) is 37.1 Å². The van der Waals surface area contributed by atoms with Gasteiger partial charge in [0.05, 0.1) is 15.6 Å². The summed E-state index contributed by atoms with van der Waals surface area (Å²) in [5, 5.41) is 8.60. The van der Waals surface area contributed by atoms with Gasteiger partial charge in [-0.1, -0.05) is 29.6 Å². The van der Waals surface area contributed by atoms with Crippen molar-refractivity contribution in [2.75, 3.05) is 0 Å². The van der Waals surface area contributed by atoms with E-state index in [9.17, 15) is 13.2 Å². The molecule has 0 aliphatic heterocycles. The molecule has 1 fully saturated rings. The van der Waals surface area contributed by atoms with Gasteiger partial charge in [-0.15, -0.1) is 0 Å². The molecule has 0 spiro atoms. The van der Waals surface area contributed by atoms with Crippen molar-refractivity contribution in [1.29, 1.82) is 0 Å². The van der Waals surface area contributed by atoms with Gasteiger partial charge < -0.3 is 5.11 Å². The zero-order chi connectivity index (χ0) is 15.8. The highest BCUT2D eigenvalue weighted by Gasteiger charge is 2.30. The van der Waals surface area contributed by atoms with E-state index in [1.165, 1.54) is 12.1 Å². The van der Waals surface area contributed by atoms with E-state index in [1.807, 2.05) is 0 Å². The zero-order valence-corrected chi connectivity index (χ0v) is 13.6. The first-order chi connectivity index (χ1) is 9.74. The molecule has 0 bridgehead atoms. The molecule has 1 aliphatic rings. The summed E-state index contributed by atoms with van der Waals surface area (Å²) in [5.74, 6) is -1.06. The average molecular weight is 352 g/mol. The van der Waals surface area contributed by atoms with E-state index in [1.54, 1.807) is 6.92 Å². The van der Waals surface area contributed by atoms with Gasteiger partial charge in [0.15, 0.2) is 0 Å². The Hall–Kier alpha value is -0.820. The molecule has 1 unspecified atom stereocenters. The maximum absolute atomic E-state index is 12.4. The van der Waals surface area contributed by atoms with Gasteiger partial charge in [0.2, 0.25) is 10.0 Å². The largest absolute Gasteiger partial charge is 0.478 e. The maximum Gasteiger partial charge on any atom is 0.338 e. The van der Waals surface area contributed by atoms with Crippen LogP contribution in [-0.2, 0) is 10.0 Å². The number of aromatic carboxylic acids is 1. The van der Waals surface area contributed by atoms with E-state index >= 15 is 0 Å². The monoisotopic (exact) mass is 351 g/mol. The Kier molecular flexibility index (Phi) is 4.82. The molecule has 0 heterocycles. The summed E-state index contributed by atoms with van der Waals surface area (Å²) in [6.07, 6.45) is 3.07. The number of carboxylic acid groups (broad SMARTS) is 1. The first kappa shape index (κ1) is 16.5. The molecular formula is C13H15Cl2NO4S. The predicted molar refractivity (Wildman–Crippen MR) is 80.5 cm³/mol. The molecular weight excluding hydrogens is 337 g/mol. The van der Waals surface area contributed by atoms with Crippen molar-refractivity contribution in [3.8, 4) is 0 Å². The number of hydrogen-bond acceptors (Lipinski definition) is 3. The van der Waals surface area contributed by atoms with E-state index in [0.717, 1.165) is 19.3 Å². The summed E-state index contributed by atoms with van der Waals surface area (Å²) < 4.78 is 27.3. The zero-order valence-electron chi connectivity index (χ0n) is 11.3. The smallest absolute Gasteiger partial charge is 0.338 e. The second-order valence-electron chi connectivity index (χ2n) is 5.14. The molecule has 0 saturated heterocycles. The Bertz CT molecular complexity index is 671. The third-order valence-corrected chi connectivity index (χ3v) is 6.18. The highest BCUT2D eigenvalue weighted by molar-refractivity contribution is 7.89. The first-order valence-electron chi connectivity index (χ1n) is 6.47. The molecule has 1 aliphatic carbocycles. The molecule has 1 saturated carbocycles. The Morgan fingerprint density at radius 1 is 1.38 bits per heavy atom. The molecule has 8 heteroatoms. The number of carbonyl (C=O) groups is 1. The molecule has 1 atom stereocenters. The van der Waals surface area contributed by atoms with Gasteiger partial charge in [-0.05, 0) is 37.8 Å². The number of carboxylic acids is 1. The number of nitrogens with one attached hydrogen (secondary N) is 1. The van der Waals surface area contributed by atoms with Crippen molar-refractivity contribution < 1.29 is 18.3 Å². The van der Waals surface area contributed by atoms with Crippen LogP contribution >= 0.6 is 23.2 Å². The van der Waals surface area contributed by atoms with Crippen LogP contribution in [0.1, 0.15) is 36.5 Å². The van der Waals surface area contributed by atoms with E-state index < -0.39 is 21.6 Å². The lowest BCUT2D eigenvalue weighted by Gasteiger charge is -2.31. The molecule has 2 N–H and O–H groups in total. The SMILES string of the molecule is CC(NS(=O)(=O)c1ccc(Cl)c(C(=O)O)c1Cl)C1CCC1. The number of sulfonamides is 1. The molecule has 1 aromatic rings. The van der Waals surface area contributed by atoms with Gasteiger partial charge in [-0.3, -0.25) is 0 Å². The molecule has 5 nitrogen and oxygen atoms in total. The van der Waals surface area contributed by atoms with Crippen LogP contribution in [0.15, 0.2) is 17.0 Å². The van der Waals surface area contributed by atoms with Crippen LogP contribution in [-0.4, -0.2) is 25.5 Å². The summed E-state index contributed by atoms with van der Waals surface area (Å²) in [6, 6.07) is 2.22. The number of benzene rings is 1. The highest BCUT2D eigenvalue weighted by atomic mass is 35.5. The maximum atomic E-state index is 12.4. The van der Waals surface area contributed by atoms with Gasteiger partial charge in [0.25, 0.3) is 0 Å². The number of halogens is 2. The van der Waals surface area contributed by atoms with Crippen LogP contribution in [0.4, 0.5) is 0 Å². The topological polar surface area (TPSA) is 83.5 Å². The minimum atomic E-state index is -3.89. The molecule has 0 amide bonds. The highest BCUT2D eigenvalue weighted by Crippen LogP contribution is 2.33. The normalized spacial score (nSPS) is 17.3. The molecule has 116 valence electrons. The quantitative estimate of drug-likeness (QED) is 0.853. The first-order valence-corrected chi connectivity index (χ1v) is 8.71. The van der Waals surface area contributed by atoms with E-state index in [4.69, 9.17) is 28.3 Å². The minimum absolute atomic E-state index is 0.0986. The van der Waals surface area contributed by atoms with E-state index in [-0.39, 0.29) is 21.0 Å². The van der Waals surface area contributed by atoms with Gasteiger partial charge in [-0.25, -0.2) is 17.9 Å². The minimum Gasteiger partial charge on any atom is -0.478 e. The Balaban J connectivity index is 2.36. The Labute approximate surface area is 133 Å². The van der Waals surface area contributed by atoms with Crippen LogP contribution in [0.25, 0.3) is 0 Å². The summed E-state index contributed by atoms with van der Waals surface area (Å²) in [5.41, 5.74) is -0.405. The third-order valence-electron chi connectivity index (χ3n) is 3.76. The van der Waals surface area contributed by atoms with Crippen LogP contribution < -0.4 is 4.72 Å². The summed E-state index contributed by atoms with van der Waals surface area (Å²) in [6.45, 7) is 1.79. The second kappa shape index (κ2) is 6.12. The van der Waals surface area contributed by atoms with Gasteiger partial charge in [0, 0.05) is 6.04 Å². The Morgan fingerprint density at radius 2 is 2.00 bits per heavy atom. The van der Waals surface area contributed by atoms with Crippen LogP contribution in [0.3, 0.4) is 0 Å².